The smallest absolute Gasteiger partial charge is 0.276 e. The van der Waals surface area contributed by atoms with E-state index in [9.17, 15) is 4.79 Å². The highest BCUT2D eigenvalue weighted by atomic mass is 16.1. The van der Waals surface area contributed by atoms with E-state index >= 15 is 0 Å². The highest BCUT2D eigenvalue weighted by molar-refractivity contribution is 6.02. The summed E-state index contributed by atoms with van der Waals surface area (Å²) in [4.78, 5) is 12.2. The Morgan fingerprint density at radius 2 is 1.95 bits per heavy atom. The van der Waals surface area contributed by atoms with Crippen molar-refractivity contribution in [1.29, 1.82) is 0 Å². The maximum absolute atomic E-state index is 12.2. The van der Waals surface area contributed by atoms with Gasteiger partial charge in [0.2, 0.25) is 0 Å². The second-order valence-corrected chi connectivity index (χ2v) is 4.93. The van der Waals surface area contributed by atoms with E-state index in [4.69, 9.17) is 0 Å². The van der Waals surface area contributed by atoms with Gasteiger partial charge < -0.3 is 5.32 Å². The Bertz CT molecular complexity index is 743. The number of rotatable bonds is 5. The topological polar surface area (TPSA) is 64.7 Å². The van der Waals surface area contributed by atoms with Crippen LogP contribution in [0.3, 0.4) is 0 Å². The SMILES string of the molecule is CCc1ccc(NC(=O)c2ccn(Cn3cccn3)n2)cc1. The van der Waals surface area contributed by atoms with Gasteiger partial charge in [-0.25, -0.2) is 0 Å². The van der Waals surface area contributed by atoms with Crippen LogP contribution in [0.5, 0.6) is 0 Å². The van der Waals surface area contributed by atoms with E-state index in [1.165, 1.54) is 5.56 Å². The maximum Gasteiger partial charge on any atom is 0.276 e. The Labute approximate surface area is 128 Å². The summed E-state index contributed by atoms with van der Waals surface area (Å²) in [7, 11) is 0. The standard InChI is InChI=1S/C16H17N5O/c1-2-13-4-6-14(7-5-13)18-16(22)15-8-11-21(19-15)12-20-10-3-9-17-20/h3-11H,2,12H2,1H3,(H,18,22). The predicted molar refractivity (Wildman–Crippen MR) is 83.6 cm³/mol. The van der Waals surface area contributed by atoms with Crippen LogP contribution in [-0.4, -0.2) is 25.5 Å². The molecule has 1 aromatic carbocycles. The third kappa shape index (κ3) is 3.22. The summed E-state index contributed by atoms with van der Waals surface area (Å²) in [5, 5.41) is 11.2. The molecular formula is C16H17N5O. The fourth-order valence-corrected chi connectivity index (χ4v) is 2.11. The van der Waals surface area contributed by atoms with Crippen molar-refractivity contribution in [3.05, 3.63) is 66.2 Å². The van der Waals surface area contributed by atoms with E-state index in [1.807, 2.05) is 36.5 Å². The Morgan fingerprint density at radius 3 is 2.64 bits per heavy atom. The first kappa shape index (κ1) is 14.1. The van der Waals surface area contributed by atoms with Crippen LogP contribution in [-0.2, 0) is 13.1 Å². The number of hydrogen-bond donors (Lipinski definition) is 1. The molecule has 0 saturated heterocycles. The van der Waals surface area contributed by atoms with Gasteiger partial charge in [0.05, 0.1) is 0 Å². The van der Waals surface area contributed by atoms with Gasteiger partial charge in [-0.1, -0.05) is 19.1 Å². The van der Waals surface area contributed by atoms with Crippen LogP contribution in [0.15, 0.2) is 55.0 Å². The molecule has 0 radical (unpaired) electrons. The Hall–Kier alpha value is -2.89. The van der Waals surface area contributed by atoms with Crippen molar-refractivity contribution in [1.82, 2.24) is 19.6 Å². The number of amides is 1. The first-order valence-corrected chi connectivity index (χ1v) is 7.16. The Kier molecular flexibility index (Phi) is 4.00. The van der Waals surface area contributed by atoms with Crippen LogP contribution in [0.4, 0.5) is 5.69 Å². The van der Waals surface area contributed by atoms with Crippen LogP contribution in [0, 0.1) is 0 Å². The molecule has 6 nitrogen and oxygen atoms in total. The zero-order valence-electron chi connectivity index (χ0n) is 12.3. The number of benzene rings is 1. The molecule has 0 unspecified atom stereocenters. The van der Waals surface area contributed by atoms with E-state index in [-0.39, 0.29) is 5.91 Å². The van der Waals surface area contributed by atoms with Gasteiger partial charge in [0.15, 0.2) is 5.69 Å². The number of nitrogens with zero attached hydrogens (tertiary/aromatic N) is 4. The van der Waals surface area contributed by atoms with Crippen molar-refractivity contribution in [3.8, 4) is 0 Å². The van der Waals surface area contributed by atoms with Crippen molar-refractivity contribution in [2.24, 2.45) is 0 Å². The van der Waals surface area contributed by atoms with Gasteiger partial charge in [0.1, 0.15) is 6.67 Å². The second-order valence-electron chi connectivity index (χ2n) is 4.93. The van der Waals surface area contributed by atoms with Crippen LogP contribution in [0.25, 0.3) is 0 Å². The molecule has 2 aromatic heterocycles. The molecule has 0 bridgehead atoms. The molecule has 0 spiro atoms. The van der Waals surface area contributed by atoms with Gasteiger partial charge in [0, 0.05) is 24.3 Å². The van der Waals surface area contributed by atoms with Crippen LogP contribution >= 0.6 is 0 Å². The van der Waals surface area contributed by atoms with Crippen molar-refractivity contribution in [2.75, 3.05) is 5.32 Å². The molecule has 112 valence electrons. The summed E-state index contributed by atoms with van der Waals surface area (Å²) in [6.07, 6.45) is 6.29. The number of anilines is 1. The Morgan fingerprint density at radius 1 is 1.14 bits per heavy atom. The number of aromatic nitrogens is 4. The number of nitrogens with one attached hydrogen (secondary N) is 1. The molecule has 2 heterocycles. The summed E-state index contributed by atoms with van der Waals surface area (Å²) in [5.74, 6) is -0.219. The molecule has 1 amide bonds. The number of carbonyl (C=O) groups is 1. The first-order valence-electron chi connectivity index (χ1n) is 7.16. The van der Waals surface area contributed by atoms with E-state index in [0.717, 1.165) is 12.1 Å². The molecule has 0 aliphatic rings. The third-order valence-electron chi connectivity index (χ3n) is 3.34. The minimum absolute atomic E-state index is 0.219. The summed E-state index contributed by atoms with van der Waals surface area (Å²) in [5.41, 5.74) is 2.39. The van der Waals surface area contributed by atoms with Crippen molar-refractivity contribution in [3.63, 3.8) is 0 Å². The third-order valence-corrected chi connectivity index (χ3v) is 3.34. The summed E-state index contributed by atoms with van der Waals surface area (Å²) >= 11 is 0. The minimum atomic E-state index is -0.219. The van der Waals surface area contributed by atoms with Gasteiger partial charge in [0.25, 0.3) is 5.91 Å². The Balaban J connectivity index is 1.65. The first-order chi connectivity index (χ1) is 10.7. The maximum atomic E-state index is 12.2. The monoisotopic (exact) mass is 295 g/mol. The highest BCUT2D eigenvalue weighted by Gasteiger charge is 2.10. The zero-order valence-corrected chi connectivity index (χ0v) is 12.3. The molecule has 22 heavy (non-hydrogen) atoms. The normalized spacial score (nSPS) is 10.6. The van der Waals surface area contributed by atoms with Crippen molar-refractivity contribution < 1.29 is 4.79 Å². The molecule has 6 heteroatoms. The molecular weight excluding hydrogens is 278 g/mol. The fourth-order valence-electron chi connectivity index (χ4n) is 2.11. The van der Waals surface area contributed by atoms with Crippen molar-refractivity contribution >= 4 is 11.6 Å². The van der Waals surface area contributed by atoms with Gasteiger partial charge in [-0.3, -0.25) is 14.2 Å². The van der Waals surface area contributed by atoms with E-state index in [2.05, 4.69) is 22.4 Å². The number of hydrogen-bond acceptors (Lipinski definition) is 3. The molecule has 3 aromatic rings. The predicted octanol–water partition coefficient (Wildman–Crippen LogP) is 2.40. The largest absolute Gasteiger partial charge is 0.321 e. The van der Waals surface area contributed by atoms with E-state index in [0.29, 0.717) is 12.4 Å². The summed E-state index contributed by atoms with van der Waals surface area (Å²) in [6, 6.07) is 11.4. The lowest BCUT2D eigenvalue weighted by Crippen LogP contribution is -2.14. The van der Waals surface area contributed by atoms with E-state index < -0.39 is 0 Å². The molecule has 0 atom stereocenters. The lowest BCUT2D eigenvalue weighted by molar-refractivity contribution is 0.102. The van der Waals surface area contributed by atoms with Crippen LogP contribution in [0.2, 0.25) is 0 Å². The van der Waals surface area contributed by atoms with Gasteiger partial charge in [-0.15, -0.1) is 0 Å². The fraction of sp³-hybridized carbons (Fsp3) is 0.188. The molecule has 0 aliphatic heterocycles. The van der Waals surface area contributed by atoms with Gasteiger partial charge >= 0.3 is 0 Å². The number of aryl methyl sites for hydroxylation is 1. The minimum Gasteiger partial charge on any atom is -0.321 e. The van der Waals surface area contributed by atoms with Gasteiger partial charge in [-0.05, 0) is 36.2 Å². The second kappa shape index (κ2) is 6.26. The average Bonchev–Trinajstić information content (AvgIpc) is 3.20. The summed E-state index contributed by atoms with van der Waals surface area (Å²) < 4.78 is 3.40. The molecule has 0 aliphatic carbocycles. The quantitative estimate of drug-likeness (QED) is 0.786. The van der Waals surface area contributed by atoms with Crippen molar-refractivity contribution in [2.45, 2.75) is 20.0 Å². The van der Waals surface area contributed by atoms with E-state index in [1.54, 1.807) is 27.8 Å². The number of carbonyl (C=O) groups excluding carboxylic acids is 1. The molecule has 0 saturated carbocycles. The molecule has 0 fully saturated rings. The lowest BCUT2D eigenvalue weighted by Gasteiger charge is -2.04. The van der Waals surface area contributed by atoms with Crippen LogP contribution in [0.1, 0.15) is 23.0 Å². The summed E-state index contributed by atoms with van der Waals surface area (Å²) in [6.45, 7) is 2.57. The van der Waals surface area contributed by atoms with Crippen LogP contribution < -0.4 is 5.32 Å². The molecule has 1 N–H and O–H groups in total. The molecule has 3 rings (SSSR count). The average molecular weight is 295 g/mol. The lowest BCUT2D eigenvalue weighted by atomic mass is 10.1. The van der Waals surface area contributed by atoms with Gasteiger partial charge in [-0.2, -0.15) is 10.2 Å². The highest BCUT2D eigenvalue weighted by Crippen LogP contribution is 2.11. The zero-order chi connectivity index (χ0) is 15.4.